The fourth-order valence-electron chi connectivity index (χ4n) is 4.59. The number of pyridine rings is 2. The summed E-state index contributed by atoms with van der Waals surface area (Å²) >= 11 is 0. The van der Waals surface area contributed by atoms with E-state index in [1.807, 2.05) is 29.8 Å². The van der Waals surface area contributed by atoms with Gasteiger partial charge in [-0.25, -0.2) is 15.0 Å². The van der Waals surface area contributed by atoms with Crippen LogP contribution in [0.2, 0.25) is 10.4 Å². The Morgan fingerprint density at radius 3 is 2.16 bits per heavy atom. The fourth-order valence-corrected chi connectivity index (χ4v) is 4.59. The highest BCUT2D eigenvalue weighted by Crippen LogP contribution is 2.63. The molecule has 0 unspecified atom stereocenters. The third kappa shape index (κ3) is 3.76. The third-order valence-electron chi connectivity index (χ3n) is 7.06. The highest BCUT2D eigenvalue weighted by molar-refractivity contribution is 6.69. The summed E-state index contributed by atoms with van der Waals surface area (Å²) in [5.74, 6) is -0.188. The lowest BCUT2D eigenvalue weighted by molar-refractivity contribution is 0.102. The van der Waals surface area contributed by atoms with Crippen LogP contribution in [0.1, 0.15) is 10.4 Å². The molecule has 5 rings (SSSR count). The molecule has 4 heterocycles. The molecular weight excluding hydrogens is 463 g/mol. The Hall–Kier alpha value is -3.22. The van der Waals surface area contributed by atoms with Crippen molar-refractivity contribution in [2.24, 2.45) is 7.05 Å². The maximum Gasteiger partial charge on any atom is 0.257 e. The molecule has 1 amide bonds. The molecule has 1 N–H and O–H groups in total. The number of aromatic nitrogens is 4. The molecule has 1 fully saturated rings. The van der Waals surface area contributed by atoms with Gasteiger partial charge in [0.25, 0.3) is 5.91 Å². The normalized spacial score (nSPS) is 18.8. The molecule has 16 radical (unpaired) electrons. The molecular formula is C23H14B8N6O. The van der Waals surface area contributed by atoms with Crippen LogP contribution in [0.5, 0.6) is 0 Å². The molecule has 1 aromatic carbocycles. The van der Waals surface area contributed by atoms with E-state index in [2.05, 4.69) is 20.3 Å². The first-order chi connectivity index (χ1) is 17.7. The quantitative estimate of drug-likeness (QED) is 0.419. The van der Waals surface area contributed by atoms with E-state index in [0.717, 1.165) is 26.9 Å². The number of imidazole rings is 1. The first kappa shape index (κ1) is 26.4. The van der Waals surface area contributed by atoms with E-state index >= 15 is 0 Å². The van der Waals surface area contributed by atoms with Crippen LogP contribution in [0.25, 0.3) is 22.0 Å². The summed E-state index contributed by atoms with van der Waals surface area (Å²) < 4.78 is 1.92. The Morgan fingerprint density at radius 2 is 1.53 bits per heavy atom. The van der Waals surface area contributed by atoms with Gasteiger partial charge >= 0.3 is 0 Å². The van der Waals surface area contributed by atoms with Crippen LogP contribution in [0.4, 0.5) is 11.6 Å². The Kier molecular flexibility index (Phi) is 6.01. The summed E-state index contributed by atoms with van der Waals surface area (Å²) in [6.45, 7) is 0. The number of carbonyl (C=O) groups excluding carboxylic acids is 1. The third-order valence-corrected chi connectivity index (χ3v) is 7.06. The van der Waals surface area contributed by atoms with E-state index < -0.39 is 27.0 Å². The number of anilines is 2. The van der Waals surface area contributed by atoms with Gasteiger partial charge < -0.3 is 14.8 Å². The van der Waals surface area contributed by atoms with Gasteiger partial charge in [0.05, 0.1) is 81.0 Å². The summed E-state index contributed by atoms with van der Waals surface area (Å²) in [6, 6.07) is 10.5. The van der Waals surface area contributed by atoms with Crippen molar-refractivity contribution in [3.8, 4) is 11.3 Å². The van der Waals surface area contributed by atoms with Gasteiger partial charge in [-0.15, -0.1) is 10.4 Å². The first-order valence-corrected chi connectivity index (χ1v) is 11.4. The molecule has 7 nitrogen and oxygen atoms in total. The predicted molar refractivity (Wildman–Crippen MR) is 155 cm³/mol. The van der Waals surface area contributed by atoms with Gasteiger partial charge in [0.1, 0.15) is 11.6 Å². The van der Waals surface area contributed by atoms with Crippen molar-refractivity contribution in [2.75, 3.05) is 10.2 Å². The smallest absolute Gasteiger partial charge is 0.257 e. The lowest BCUT2D eigenvalue weighted by Gasteiger charge is -2.49. The number of hydrogen-bond donors (Lipinski definition) is 1. The Balaban J connectivity index is 1.45. The van der Waals surface area contributed by atoms with Gasteiger partial charge in [0.15, 0.2) is 0 Å². The summed E-state index contributed by atoms with van der Waals surface area (Å²) in [5, 5.41) is -4.01. The van der Waals surface area contributed by atoms with Gasteiger partial charge in [-0.2, -0.15) is 0 Å². The molecule has 4 aromatic rings. The predicted octanol–water partition coefficient (Wildman–Crippen LogP) is -0.00940. The van der Waals surface area contributed by atoms with E-state index in [1.165, 1.54) is 18.3 Å². The second kappa shape index (κ2) is 8.65. The van der Waals surface area contributed by atoms with Crippen molar-refractivity contribution in [1.82, 2.24) is 19.5 Å². The van der Waals surface area contributed by atoms with Crippen LogP contribution in [0.3, 0.4) is 0 Å². The number of amides is 1. The Bertz CT molecular complexity index is 1540. The molecule has 0 saturated carbocycles. The molecule has 0 spiro atoms. The summed E-state index contributed by atoms with van der Waals surface area (Å²) in [7, 11) is 51.1. The number of nitrogens with zero attached hydrogens (tertiary/aromatic N) is 5. The van der Waals surface area contributed by atoms with Crippen LogP contribution in [-0.2, 0) is 7.05 Å². The largest absolute Gasteiger partial charge is 0.382 e. The van der Waals surface area contributed by atoms with E-state index in [0.29, 0.717) is 5.82 Å². The number of hydrogen-bond acceptors (Lipinski definition) is 5. The molecule has 3 aromatic heterocycles. The molecule has 1 saturated heterocycles. The van der Waals surface area contributed by atoms with Crippen molar-refractivity contribution in [3.05, 3.63) is 66.9 Å². The van der Waals surface area contributed by atoms with Crippen LogP contribution < -0.4 is 10.2 Å². The maximum atomic E-state index is 13.2. The summed E-state index contributed by atoms with van der Waals surface area (Å²) in [6.07, 6.45) is 6.51. The minimum atomic E-state index is -2.15. The number of carbonyl (C=O) groups is 1. The molecule has 0 aliphatic carbocycles. The molecule has 15 heteroatoms. The molecule has 38 heavy (non-hydrogen) atoms. The zero-order valence-corrected chi connectivity index (χ0v) is 20.5. The number of fused-ring (bicyclic) bond motifs is 1. The molecule has 1 aliphatic rings. The lowest BCUT2D eigenvalue weighted by Crippen LogP contribution is -2.60. The maximum absolute atomic E-state index is 13.2. The van der Waals surface area contributed by atoms with Gasteiger partial charge in [-0.05, 0) is 40.3 Å². The van der Waals surface area contributed by atoms with E-state index in [4.69, 9.17) is 62.8 Å². The van der Waals surface area contributed by atoms with E-state index in [9.17, 15) is 4.79 Å². The fraction of sp³-hybridized carbons (Fsp3) is 0.217. The highest BCUT2D eigenvalue weighted by atomic mass is 16.1. The number of nitrogens with one attached hydrogen (secondary N) is 1. The first-order valence-electron chi connectivity index (χ1n) is 11.4. The standard InChI is InChI=1S/C23H14B8N6O/c1-36-11-32-10-16(36)12-2-3-14-9-34-17(7-15(14)6-12)35-19(38)13-4-5-33-18(8-13)37-22(28,29)20(24,25)21(26,27)23(37,30)31/h2-11H,1H3,(H,34,35,38). The van der Waals surface area contributed by atoms with Crippen molar-refractivity contribution in [1.29, 1.82) is 0 Å². The topological polar surface area (TPSA) is 75.9 Å². The van der Waals surface area contributed by atoms with Crippen LogP contribution in [0.15, 0.2) is 61.3 Å². The second-order valence-corrected chi connectivity index (χ2v) is 9.60. The van der Waals surface area contributed by atoms with Gasteiger partial charge in [-0.3, -0.25) is 4.79 Å². The molecule has 0 atom stereocenters. The van der Waals surface area contributed by atoms with E-state index in [-0.39, 0.29) is 11.4 Å². The number of aryl methyl sites for hydroxylation is 1. The van der Waals surface area contributed by atoms with Crippen molar-refractivity contribution < 1.29 is 4.79 Å². The van der Waals surface area contributed by atoms with Gasteiger partial charge in [-0.1, -0.05) is 12.1 Å². The van der Waals surface area contributed by atoms with Crippen molar-refractivity contribution >= 4 is 91.1 Å². The van der Waals surface area contributed by atoms with Gasteiger partial charge in [0, 0.05) is 36.0 Å². The highest BCUT2D eigenvalue weighted by Gasteiger charge is 2.63. The SMILES string of the molecule is [B]C1([B])N(c2cc(C(=O)Nc3cc4cc(-c5cncn5C)ccc4cn3)ccn2)C([B])([B])C([B])([B])C1([B])[B]. The minimum absolute atomic E-state index is 0.0158. The average molecular weight is 477 g/mol. The van der Waals surface area contributed by atoms with Crippen LogP contribution >= 0.6 is 0 Å². The van der Waals surface area contributed by atoms with E-state index in [1.54, 1.807) is 24.8 Å². The number of rotatable bonds is 4. The summed E-state index contributed by atoms with van der Waals surface area (Å²) in [5.41, 5.74) is 2.08. The summed E-state index contributed by atoms with van der Waals surface area (Å²) in [4.78, 5) is 26.9. The minimum Gasteiger partial charge on any atom is -0.382 e. The monoisotopic (exact) mass is 478 g/mol. The van der Waals surface area contributed by atoms with Crippen LogP contribution in [0, 0.1) is 0 Å². The van der Waals surface area contributed by atoms with Crippen LogP contribution in [-0.4, -0.2) is 98.9 Å². The van der Waals surface area contributed by atoms with Crippen molar-refractivity contribution in [2.45, 2.75) is 21.1 Å². The zero-order chi connectivity index (χ0) is 27.7. The molecule has 166 valence electrons. The lowest BCUT2D eigenvalue weighted by atomic mass is 9.17. The average Bonchev–Trinajstić information content (AvgIpc) is 3.31. The second-order valence-electron chi connectivity index (χ2n) is 9.60. The zero-order valence-electron chi connectivity index (χ0n) is 20.5. The molecule has 0 bridgehead atoms. The van der Waals surface area contributed by atoms with Crippen molar-refractivity contribution in [3.63, 3.8) is 0 Å². The van der Waals surface area contributed by atoms with Gasteiger partial charge in [0.2, 0.25) is 0 Å². The Morgan fingerprint density at radius 1 is 0.842 bits per heavy atom. The number of benzene rings is 1. The Labute approximate surface area is 231 Å². The molecule has 1 aliphatic heterocycles.